The van der Waals surface area contributed by atoms with E-state index in [0.29, 0.717) is 17.6 Å². The maximum atomic E-state index is 13.7. The molecule has 1 saturated heterocycles. The first-order chi connectivity index (χ1) is 7.58. The van der Waals surface area contributed by atoms with E-state index in [4.69, 9.17) is 5.73 Å². The molecule has 16 heavy (non-hydrogen) atoms. The molecule has 0 saturated carbocycles. The van der Waals surface area contributed by atoms with Crippen LogP contribution in [0.3, 0.4) is 0 Å². The normalized spacial score (nSPS) is 17.9. The number of hydrogen-bond acceptors (Lipinski definition) is 2. The van der Waals surface area contributed by atoms with E-state index in [-0.39, 0.29) is 11.7 Å². The highest BCUT2D eigenvalue weighted by Gasteiger charge is 2.22. The first kappa shape index (κ1) is 11.8. The standard InChI is InChI=1S/C11H13BrF2N2/c12-7-5-9(13)11(10(14)6-7)16-3-1-8(15)2-4-16/h5-6,8H,1-4,15H2. The third kappa shape index (κ3) is 2.35. The first-order valence-electron chi connectivity index (χ1n) is 5.23. The minimum atomic E-state index is -0.526. The fraction of sp³-hybridized carbons (Fsp3) is 0.455. The third-order valence-electron chi connectivity index (χ3n) is 2.84. The molecule has 5 heteroatoms. The highest BCUT2D eigenvalue weighted by Crippen LogP contribution is 2.29. The molecule has 0 aromatic heterocycles. The van der Waals surface area contributed by atoms with E-state index in [1.807, 2.05) is 0 Å². The van der Waals surface area contributed by atoms with Gasteiger partial charge in [0, 0.05) is 23.6 Å². The Labute approximate surface area is 102 Å². The second kappa shape index (κ2) is 4.67. The monoisotopic (exact) mass is 290 g/mol. The van der Waals surface area contributed by atoms with Crippen LogP contribution in [0, 0.1) is 11.6 Å². The predicted molar refractivity (Wildman–Crippen MR) is 63.5 cm³/mol. The number of hydrogen-bond donors (Lipinski definition) is 1. The van der Waals surface area contributed by atoms with Crippen LogP contribution in [0.25, 0.3) is 0 Å². The zero-order valence-corrected chi connectivity index (χ0v) is 10.3. The van der Waals surface area contributed by atoms with Gasteiger partial charge in [0.2, 0.25) is 0 Å². The molecule has 1 aliphatic rings. The summed E-state index contributed by atoms with van der Waals surface area (Å²) in [7, 11) is 0. The van der Waals surface area contributed by atoms with Crippen molar-refractivity contribution in [2.24, 2.45) is 5.73 Å². The smallest absolute Gasteiger partial charge is 0.150 e. The molecule has 0 amide bonds. The third-order valence-corrected chi connectivity index (χ3v) is 3.30. The highest BCUT2D eigenvalue weighted by atomic mass is 79.9. The minimum Gasteiger partial charge on any atom is -0.367 e. The van der Waals surface area contributed by atoms with E-state index in [1.165, 1.54) is 12.1 Å². The van der Waals surface area contributed by atoms with E-state index in [2.05, 4.69) is 15.9 Å². The van der Waals surface area contributed by atoms with Crippen molar-refractivity contribution < 1.29 is 8.78 Å². The van der Waals surface area contributed by atoms with E-state index >= 15 is 0 Å². The number of benzene rings is 1. The molecule has 0 radical (unpaired) electrons. The molecular weight excluding hydrogens is 278 g/mol. The van der Waals surface area contributed by atoms with Gasteiger partial charge in [0.25, 0.3) is 0 Å². The Bertz CT molecular complexity index is 367. The maximum absolute atomic E-state index is 13.7. The van der Waals surface area contributed by atoms with Gasteiger partial charge in [0.1, 0.15) is 5.69 Å². The number of rotatable bonds is 1. The highest BCUT2D eigenvalue weighted by molar-refractivity contribution is 9.10. The van der Waals surface area contributed by atoms with Gasteiger partial charge >= 0.3 is 0 Å². The molecule has 2 N–H and O–H groups in total. The van der Waals surface area contributed by atoms with E-state index < -0.39 is 11.6 Å². The molecule has 2 rings (SSSR count). The Morgan fingerprint density at radius 1 is 1.19 bits per heavy atom. The fourth-order valence-electron chi connectivity index (χ4n) is 1.96. The topological polar surface area (TPSA) is 29.3 Å². The van der Waals surface area contributed by atoms with Crippen LogP contribution >= 0.6 is 15.9 Å². The average Bonchev–Trinajstić information content (AvgIpc) is 2.19. The summed E-state index contributed by atoms with van der Waals surface area (Å²) in [6.45, 7) is 1.22. The summed E-state index contributed by atoms with van der Waals surface area (Å²) in [5.74, 6) is -1.05. The summed E-state index contributed by atoms with van der Waals surface area (Å²) in [6, 6.07) is 2.72. The second-order valence-corrected chi connectivity index (χ2v) is 4.96. The quantitative estimate of drug-likeness (QED) is 0.862. The molecular formula is C11H13BrF2N2. The zero-order chi connectivity index (χ0) is 11.7. The number of anilines is 1. The zero-order valence-electron chi connectivity index (χ0n) is 8.72. The molecule has 1 aromatic rings. The van der Waals surface area contributed by atoms with Gasteiger partial charge in [-0.1, -0.05) is 15.9 Å². The lowest BCUT2D eigenvalue weighted by atomic mass is 10.1. The van der Waals surface area contributed by atoms with Crippen molar-refractivity contribution in [1.29, 1.82) is 0 Å². The molecule has 1 fully saturated rings. The van der Waals surface area contributed by atoms with Crippen molar-refractivity contribution in [2.75, 3.05) is 18.0 Å². The van der Waals surface area contributed by atoms with Gasteiger partial charge in [-0.3, -0.25) is 0 Å². The maximum Gasteiger partial charge on any atom is 0.150 e. The number of halogens is 3. The van der Waals surface area contributed by atoms with Crippen LogP contribution in [0.1, 0.15) is 12.8 Å². The lowest BCUT2D eigenvalue weighted by molar-refractivity contribution is 0.483. The van der Waals surface area contributed by atoms with Gasteiger partial charge in [0.05, 0.1) is 0 Å². The van der Waals surface area contributed by atoms with Crippen molar-refractivity contribution in [3.05, 3.63) is 28.2 Å². The molecule has 1 aromatic carbocycles. The van der Waals surface area contributed by atoms with Crippen LogP contribution < -0.4 is 10.6 Å². The average molecular weight is 291 g/mol. The molecule has 88 valence electrons. The predicted octanol–water partition coefficient (Wildman–Crippen LogP) is 2.65. The fourth-order valence-corrected chi connectivity index (χ4v) is 2.36. The minimum absolute atomic E-state index is 0.0649. The number of piperidine rings is 1. The van der Waals surface area contributed by atoms with Crippen LogP contribution in [0.5, 0.6) is 0 Å². The van der Waals surface area contributed by atoms with E-state index in [9.17, 15) is 8.78 Å². The SMILES string of the molecule is NC1CCN(c2c(F)cc(Br)cc2F)CC1. The lowest BCUT2D eigenvalue weighted by Crippen LogP contribution is -2.40. The summed E-state index contributed by atoms with van der Waals surface area (Å²) < 4.78 is 27.7. The molecule has 0 unspecified atom stereocenters. The van der Waals surface area contributed by atoms with Gasteiger partial charge in [-0.2, -0.15) is 0 Å². The Morgan fingerprint density at radius 2 is 1.69 bits per heavy atom. The Kier molecular flexibility index (Phi) is 3.44. The molecule has 1 heterocycles. The molecule has 0 bridgehead atoms. The van der Waals surface area contributed by atoms with Crippen LogP contribution in [-0.4, -0.2) is 19.1 Å². The van der Waals surface area contributed by atoms with Crippen LogP contribution in [-0.2, 0) is 0 Å². The second-order valence-electron chi connectivity index (χ2n) is 4.04. The summed E-state index contributed by atoms with van der Waals surface area (Å²) in [5, 5.41) is 0. The summed E-state index contributed by atoms with van der Waals surface area (Å²) in [5.41, 5.74) is 5.82. The molecule has 2 nitrogen and oxygen atoms in total. The van der Waals surface area contributed by atoms with Crippen molar-refractivity contribution in [2.45, 2.75) is 18.9 Å². The summed E-state index contributed by atoms with van der Waals surface area (Å²) in [6.07, 6.45) is 1.55. The van der Waals surface area contributed by atoms with E-state index in [1.54, 1.807) is 4.90 Å². The largest absolute Gasteiger partial charge is 0.367 e. The molecule has 0 atom stereocenters. The lowest BCUT2D eigenvalue weighted by Gasteiger charge is -2.32. The van der Waals surface area contributed by atoms with Gasteiger partial charge in [-0.05, 0) is 25.0 Å². The van der Waals surface area contributed by atoms with Crippen LogP contribution in [0.4, 0.5) is 14.5 Å². The number of nitrogens with two attached hydrogens (primary N) is 1. The van der Waals surface area contributed by atoms with Crippen molar-refractivity contribution >= 4 is 21.6 Å². The Hall–Kier alpha value is -0.680. The van der Waals surface area contributed by atoms with Crippen LogP contribution in [0.2, 0.25) is 0 Å². The van der Waals surface area contributed by atoms with Crippen LogP contribution in [0.15, 0.2) is 16.6 Å². The summed E-state index contributed by atoms with van der Waals surface area (Å²) >= 11 is 3.06. The number of nitrogens with zero attached hydrogens (tertiary/aromatic N) is 1. The molecule has 0 spiro atoms. The van der Waals surface area contributed by atoms with Crippen molar-refractivity contribution in [3.63, 3.8) is 0 Å². The Morgan fingerprint density at radius 3 is 2.19 bits per heavy atom. The molecule has 1 aliphatic heterocycles. The van der Waals surface area contributed by atoms with Crippen molar-refractivity contribution in [1.82, 2.24) is 0 Å². The van der Waals surface area contributed by atoms with Gasteiger partial charge in [-0.25, -0.2) is 8.78 Å². The molecule has 0 aliphatic carbocycles. The van der Waals surface area contributed by atoms with E-state index in [0.717, 1.165) is 12.8 Å². The van der Waals surface area contributed by atoms with Crippen molar-refractivity contribution in [3.8, 4) is 0 Å². The van der Waals surface area contributed by atoms with Gasteiger partial charge in [0.15, 0.2) is 11.6 Å². The summed E-state index contributed by atoms with van der Waals surface area (Å²) in [4.78, 5) is 1.72. The Balaban J connectivity index is 2.26. The van der Waals surface area contributed by atoms with Gasteiger partial charge in [-0.15, -0.1) is 0 Å². The van der Waals surface area contributed by atoms with Gasteiger partial charge < -0.3 is 10.6 Å². The first-order valence-corrected chi connectivity index (χ1v) is 6.02.